The molecule has 0 aromatic heterocycles. The molecule has 7 heteroatoms. The predicted molar refractivity (Wildman–Crippen MR) is 90.1 cm³/mol. The van der Waals surface area contributed by atoms with Gasteiger partial charge in [-0.15, -0.1) is 0 Å². The number of nitrogens with one attached hydrogen (secondary N) is 1. The van der Waals surface area contributed by atoms with E-state index in [1.54, 1.807) is 17.0 Å². The van der Waals surface area contributed by atoms with Crippen LogP contribution in [0.5, 0.6) is 0 Å². The van der Waals surface area contributed by atoms with Crippen molar-refractivity contribution in [2.24, 2.45) is 0 Å². The zero-order chi connectivity index (χ0) is 17.8. The number of rotatable bonds is 5. The lowest BCUT2D eigenvalue weighted by Gasteiger charge is -2.29. The van der Waals surface area contributed by atoms with Crippen LogP contribution in [-0.4, -0.2) is 37.4 Å². The monoisotopic (exact) mass is 348 g/mol. The summed E-state index contributed by atoms with van der Waals surface area (Å²) in [6.07, 6.45) is 0. The van der Waals surface area contributed by atoms with E-state index >= 15 is 0 Å². The van der Waals surface area contributed by atoms with Crippen molar-refractivity contribution in [1.82, 2.24) is 0 Å². The molecule has 0 spiro atoms. The Bertz CT molecular complexity index is 777. The Balaban J connectivity index is 1.73. The molecule has 2 aromatic carbocycles. The van der Waals surface area contributed by atoms with Gasteiger partial charge in [0.1, 0.15) is 11.6 Å². The Morgan fingerprint density at radius 3 is 2.64 bits per heavy atom. The highest BCUT2D eigenvalue weighted by atomic mass is 19.1. The highest BCUT2D eigenvalue weighted by molar-refractivity contribution is 5.87. The summed E-state index contributed by atoms with van der Waals surface area (Å²) >= 11 is 0. The quantitative estimate of drug-likeness (QED) is 0.869. The summed E-state index contributed by atoms with van der Waals surface area (Å²) in [7, 11) is 0. The van der Waals surface area contributed by atoms with Gasteiger partial charge in [-0.25, -0.2) is 13.6 Å². The number of hydrogen-bond donors (Lipinski definition) is 2. The maximum atomic E-state index is 14.3. The molecule has 1 aliphatic heterocycles. The van der Waals surface area contributed by atoms with E-state index in [4.69, 9.17) is 9.84 Å². The van der Waals surface area contributed by atoms with Gasteiger partial charge in [-0.2, -0.15) is 0 Å². The molecule has 3 rings (SSSR count). The summed E-state index contributed by atoms with van der Waals surface area (Å²) in [5, 5.41) is 11.8. The largest absolute Gasteiger partial charge is 0.478 e. The first-order chi connectivity index (χ1) is 12.0. The highest BCUT2D eigenvalue weighted by Crippen LogP contribution is 2.27. The molecule has 0 saturated carbocycles. The van der Waals surface area contributed by atoms with Crippen LogP contribution in [0.4, 0.5) is 20.2 Å². The summed E-state index contributed by atoms with van der Waals surface area (Å²) in [6.45, 7) is 2.20. The number of ether oxygens (including phenoxy) is 1. The lowest BCUT2D eigenvalue weighted by atomic mass is 10.1. The molecule has 1 fully saturated rings. The van der Waals surface area contributed by atoms with Crippen molar-refractivity contribution in [2.45, 2.75) is 6.54 Å². The average molecular weight is 348 g/mol. The second-order valence-electron chi connectivity index (χ2n) is 5.74. The molecule has 0 radical (unpaired) electrons. The van der Waals surface area contributed by atoms with Crippen LogP contribution >= 0.6 is 0 Å². The van der Waals surface area contributed by atoms with Gasteiger partial charge in [0, 0.05) is 31.8 Å². The standard InChI is InChI=1S/C18H18F2N2O3/c19-14-10-17(22-4-6-25-7-5-22)15(20)9-16(14)21-11-12-2-1-3-13(8-12)18(23)24/h1-3,8-10,21H,4-7,11H2,(H,23,24). The lowest BCUT2D eigenvalue weighted by molar-refractivity contribution is 0.0696. The third-order valence-electron chi connectivity index (χ3n) is 4.05. The SMILES string of the molecule is O=C(O)c1cccc(CNc2cc(F)c(N3CCOCC3)cc2F)c1. The van der Waals surface area contributed by atoms with Gasteiger partial charge in [0.2, 0.25) is 0 Å². The summed E-state index contributed by atoms with van der Waals surface area (Å²) in [5.74, 6) is -2.10. The fourth-order valence-corrected chi connectivity index (χ4v) is 2.73. The van der Waals surface area contributed by atoms with E-state index < -0.39 is 17.6 Å². The molecule has 0 unspecified atom stereocenters. The molecule has 1 saturated heterocycles. The Labute approximate surface area is 143 Å². The van der Waals surface area contributed by atoms with Gasteiger partial charge in [0.05, 0.1) is 30.2 Å². The van der Waals surface area contributed by atoms with Gasteiger partial charge < -0.3 is 20.1 Å². The van der Waals surface area contributed by atoms with Crippen molar-refractivity contribution in [3.63, 3.8) is 0 Å². The lowest BCUT2D eigenvalue weighted by Crippen LogP contribution is -2.36. The highest BCUT2D eigenvalue weighted by Gasteiger charge is 2.18. The molecule has 0 bridgehead atoms. The first-order valence-electron chi connectivity index (χ1n) is 7.92. The van der Waals surface area contributed by atoms with Crippen LogP contribution in [0.25, 0.3) is 0 Å². The van der Waals surface area contributed by atoms with Crippen LogP contribution in [0.1, 0.15) is 15.9 Å². The normalized spacial score (nSPS) is 14.4. The Morgan fingerprint density at radius 1 is 1.16 bits per heavy atom. The zero-order valence-corrected chi connectivity index (χ0v) is 13.5. The number of carboxylic acids is 1. The van der Waals surface area contributed by atoms with Crippen LogP contribution in [0.3, 0.4) is 0 Å². The minimum atomic E-state index is -1.03. The number of morpholine rings is 1. The molecule has 0 aliphatic carbocycles. The third kappa shape index (κ3) is 4.06. The topological polar surface area (TPSA) is 61.8 Å². The molecule has 0 amide bonds. The number of nitrogens with zero attached hydrogens (tertiary/aromatic N) is 1. The first-order valence-corrected chi connectivity index (χ1v) is 7.92. The number of hydrogen-bond acceptors (Lipinski definition) is 4. The van der Waals surface area contributed by atoms with Crippen LogP contribution in [-0.2, 0) is 11.3 Å². The number of anilines is 2. The molecule has 2 aromatic rings. The van der Waals surface area contributed by atoms with Crippen molar-refractivity contribution in [1.29, 1.82) is 0 Å². The summed E-state index contributed by atoms with van der Waals surface area (Å²) in [5.41, 5.74) is 1.07. The van der Waals surface area contributed by atoms with Gasteiger partial charge >= 0.3 is 5.97 Å². The van der Waals surface area contributed by atoms with Crippen LogP contribution in [0.2, 0.25) is 0 Å². The fourth-order valence-electron chi connectivity index (χ4n) is 2.73. The summed E-state index contributed by atoms with van der Waals surface area (Å²) in [4.78, 5) is 12.7. The van der Waals surface area contributed by atoms with Crippen molar-refractivity contribution in [2.75, 3.05) is 36.5 Å². The first kappa shape index (κ1) is 17.2. The molecule has 0 atom stereocenters. The van der Waals surface area contributed by atoms with E-state index in [1.807, 2.05) is 0 Å². The number of benzene rings is 2. The number of halogens is 2. The Hall–Kier alpha value is -2.67. The van der Waals surface area contributed by atoms with Gasteiger partial charge in [-0.05, 0) is 17.7 Å². The number of carboxylic acid groups (broad SMARTS) is 1. The molecule has 5 nitrogen and oxygen atoms in total. The van der Waals surface area contributed by atoms with Crippen LogP contribution in [0, 0.1) is 11.6 Å². The van der Waals surface area contributed by atoms with Crippen molar-refractivity contribution in [3.05, 3.63) is 59.2 Å². The fraction of sp³-hybridized carbons (Fsp3) is 0.278. The van der Waals surface area contributed by atoms with Crippen molar-refractivity contribution < 1.29 is 23.4 Å². The molecular weight excluding hydrogens is 330 g/mol. The maximum Gasteiger partial charge on any atom is 0.335 e. The minimum Gasteiger partial charge on any atom is -0.478 e. The maximum absolute atomic E-state index is 14.3. The van der Waals surface area contributed by atoms with E-state index in [2.05, 4.69) is 5.32 Å². The molecule has 25 heavy (non-hydrogen) atoms. The number of aromatic carboxylic acids is 1. The van der Waals surface area contributed by atoms with E-state index in [-0.39, 0.29) is 23.5 Å². The average Bonchev–Trinajstić information content (AvgIpc) is 2.63. The second-order valence-corrected chi connectivity index (χ2v) is 5.74. The van der Waals surface area contributed by atoms with Gasteiger partial charge in [0.15, 0.2) is 0 Å². The molecule has 2 N–H and O–H groups in total. The third-order valence-corrected chi connectivity index (χ3v) is 4.05. The number of carbonyl (C=O) groups is 1. The minimum absolute atomic E-state index is 0.0373. The predicted octanol–water partition coefficient (Wildman–Crippen LogP) is 3.11. The van der Waals surface area contributed by atoms with Gasteiger partial charge in [-0.1, -0.05) is 12.1 Å². The van der Waals surface area contributed by atoms with E-state index in [1.165, 1.54) is 18.2 Å². The van der Waals surface area contributed by atoms with Crippen molar-refractivity contribution in [3.8, 4) is 0 Å². The molecule has 132 valence electrons. The molecule has 1 aliphatic rings. The van der Waals surface area contributed by atoms with E-state index in [0.717, 1.165) is 6.07 Å². The summed E-state index contributed by atoms with van der Waals surface area (Å²) < 4.78 is 33.9. The van der Waals surface area contributed by atoms with Crippen molar-refractivity contribution >= 4 is 17.3 Å². The molecular formula is C18H18F2N2O3. The van der Waals surface area contributed by atoms with E-state index in [9.17, 15) is 13.6 Å². The van der Waals surface area contributed by atoms with Gasteiger partial charge in [0.25, 0.3) is 0 Å². The smallest absolute Gasteiger partial charge is 0.335 e. The van der Waals surface area contributed by atoms with Gasteiger partial charge in [-0.3, -0.25) is 0 Å². The summed E-state index contributed by atoms with van der Waals surface area (Å²) in [6, 6.07) is 8.60. The Kier molecular flexibility index (Phi) is 5.14. The van der Waals surface area contributed by atoms with E-state index in [0.29, 0.717) is 31.9 Å². The van der Waals surface area contributed by atoms with Crippen LogP contribution < -0.4 is 10.2 Å². The van der Waals surface area contributed by atoms with Crippen LogP contribution in [0.15, 0.2) is 36.4 Å². The zero-order valence-electron chi connectivity index (χ0n) is 13.5. The Morgan fingerprint density at radius 2 is 1.92 bits per heavy atom. The molecule has 1 heterocycles. The second kappa shape index (κ2) is 7.48.